The second-order valence-electron chi connectivity index (χ2n) is 7.65. The maximum Gasteiger partial charge on any atom is 0.261 e. The van der Waals surface area contributed by atoms with E-state index >= 15 is 0 Å². The summed E-state index contributed by atoms with van der Waals surface area (Å²) in [5.41, 5.74) is 4.16. The third-order valence-corrected chi connectivity index (χ3v) is 6.05. The van der Waals surface area contributed by atoms with E-state index in [0.717, 1.165) is 26.7 Å². The average Bonchev–Trinajstić information content (AvgIpc) is 3.17. The van der Waals surface area contributed by atoms with Gasteiger partial charge in [-0.1, -0.05) is 50.9 Å². The van der Waals surface area contributed by atoms with Gasteiger partial charge in [-0.15, -0.1) is 0 Å². The Bertz CT molecular complexity index is 1010. The van der Waals surface area contributed by atoms with Crippen molar-refractivity contribution >= 4 is 21.8 Å². The van der Waals surface area contributed by atoms with Gasteiger partial charge in [0.25, 0.3) is 5.91 Å². The summed E-state index contributed by atoms with van der Waals surface area (Å²) in [7, 11) is 0. The molecule has 0 atom stereocenters. The Labute approximate surface area is 185 Å². The van der Waals surface area contributed by atoms with Crippen LogP contribution >= 0.6 is 15.9 Å². The van der Waals surface area contributed by atoms with Gasteiger partial charge >= 0.3 is 0 Å². The van der Waals surface area contributed by atoms with Gasteiger partial charge in [-0.25, -0.2) is 0 Å². The Morgan fingerprint density at radius 3 is 2.37 bits per heavy atom. The van der Waals surface area contributed by atoms with Crippen LogP contribution in [-0.4, -0.2) is 33.6 Å². The average molecular weight is 472 g/mol. The first-order valence-corrected chi connectivity index (χ1v) is 10.6. The van der Waals surface area contributed by atoms with Crippen molar-refractivity contribution in [1.82, 2.24) is 15.0 Å². The van der Waals surface area contributed by atoms with Crippen LogP contribution in [0.15, 0.2) is 45.4 Å². The number of carbonyl (C=O) groups is 1. The molecule has 1 aromatic heterocycles. The summed E-state index contributed by atoms with van der Waals surface area (Å²) in [6, 6.07) is 11.7. The van der Waals surface area contributed by atoms with E-state index in [1.54, 1.807) is 4.90 Å². The third-order valence-electron chi connectivity index (χ3n) is 4.80. The molecular formula is C23H26BrN3O3. The molecule has 0 fully saturated rings. The van der Waals surface area contributed by atoms with Crippen molar-refractivity contribution in [2.24, 2.45) is 0 Å². The van der Waals surface area contributed by atoms with Crippen LogP contribution in [0.3, 0.4) is 0 Å². The molecule has 2 aromatic carbocycles. The van der Waals surface area contributed by atoms with Gasteiger partial charge < -0.3 is 14.2 Å². The summed E-state index contributed by atoms with van der Waals surface area (Å²) in [4.78, 5) is 18.9. The van der Waals surface area contributed by atoms with Gasteiger partial charge in [-0.3, -0.25) is 4.79 Å². The van der Waals surface area contributed by atoms with Gasteiger partial charge in [0.05, 0.1) is 0 Å². The van der Waals surface area contributed by atoms with E-state index in [2.05, 4.69) is 26.1 Å². The number of carbonyl (C=O) groups excluding carboxylic acids is 1. The number of amides is 1. The zero-order valence-corrected chi connectivity index (χ0v) is 19.5. The number of hydrogen-bond acceptors (Lipinski definition) is 5. The van der Waals surface area contributed by atoms with E-state index in [-0.39, 0.29) is 25.1 Å². The second-order valence-corrected chi connectivity index (χ2v) is 8.45. The first-order chi connectivity index (χ1) is 14.2. The molecule has 3 rings (SSSR count). The molecule has 0 bridgehead atoms. The molecule has 158 valence electrons. The Morgan fingerprint density at radius 1 is 1.13 bits per heavy atom. The maximum atomic E-state index is 12.8. The minimum atomic E-state index is -0.140. The van der Waals surface area contributed by atoms with Gasteiger partial charge in [-0.2, -0.15) is 4.98 Å². The lowest BCUT2D eigenvalue weighted by Gasteiger charge is -2.25. The van der Waals surface area contributed by atoms with Crippen LogP contribution < -0.4 is 4.74 Å². The Morgan fingerprint density at radius 2 is 1.77 bits per heavy atom. The molecule has 3 aromatic rings. The standard InChI is InChI=1S/C23H26BrN3O3/c1-14(2)27(21(28)13-29-19-10-16(4)22(24)17(5)11-19)12-20-25-23(26-30-20)18-8-6-15(3)7-9-18/h6-11,14H,12-13H2,1-5H3. The molecule has 0 N–H and O–H groups in total. The van der Waals surface area contributed by atoms with E-state index < -0.39 is 0 Å². The van der Waals surface area contributed by atoms with Gasteiger partial charge in [0.1, 0.15) is 12.3 Å². The topological polar surface area (TPSA) is 68.5 Å². The van der Waals surface area contributed by atoms with Crippen molar-refractivity contribution < 1.29 is 14.1 Å². The van der Waals surface area contributed by atoms with E-state index in [1.807, 2.05) is 71.0 Å². The lowest BCUT2D eigenvalue weighted by Crippen LogP contribution is -2.39. The molecule has 0 aliphatic heterocycles. The number of benzene rings is 2. The van der Waals surface area contributed by atoms with Crippen LogP contribution in [0.25, 0.3) is 11.4 Å². The summed E-state index contributed by atoms with van der Waals surface area (Å²) in [5, 5.41) is 4.05. The lowest BCUT2D eigenvalue weighted by molar-refractivity contribution is -0.136. The van der Waals surface area contributed by atoms with Crippen molar-refractivity contribution in [3.8, 4) is 17.1 Å². The number of hydrogen-bond donors (Lipinski definition) is 0. The Balaban J connectivity index is 1.67. The quantitative estimate of drug-likeness (QED) is 0.471. The number of halogens is 1. The first-order valence-electron chi connectivity index (χ1n) is 9.83. The molecule has 0 aliphatic carbocycles. The minimum Gasteiger partial charge on any atom is -0.484 e. The summed E-state index contributed by atoms with van der Waals surface area (Å²) in [6.45, 7) is 10.1. The molecule has 0 aliphatic rings. The molecule has 0 saturated carbocycles. The van der Waals surface area contributed by atoms with Gasteiger partial charge in [0, 0.05) is 16.1 Å². The summed E-state index contributed by atoms with van der Waals surface area (Å²) < 4.78 is 12.2. The third kappa shape index (κ3) is 5.27. The lowest BCUT2D eigenvalue weighted by atomic mass is 10.1. The highest BCUT2D eigenvalue weighted by atomic mass is 79.9. The number of rotatable bonds is 7. The highest BCUT2D eigenvalue weighted by molar-refractivity contribution is 9.10. The van der Waals surface area contributed by atoms with Crippen molar-refractivity contribution in [2.75, 3.05) is 6.61 Å². The molecule has 30 heavy (non-hydrogen) atoms. The van der Waals surface area contributed by atoms with Crippen molar-refractivity contribution in [1.29, 1.82) is 0 Å². The molecule has 0 radical (unpaired) electrons. The van der Waals surface area contributed by atoms with Crippen LogP contribution in [0, 0.1) is 20.8 Å². The van der Waals surface area contributed by atoms with Crippen LogP contribution in [-0.2, 0) is 11.3 Å². The zero-order valence-electron chi connectivity index (χ0n) is 17.9. The highest BCUT2D eigenvalue weighted by Crippen LogP contribution is 2.26. The zero-order chi connectivity index (χ0) is 21.8. The maximum absolute atomic E-state index is 12.8. The van der Waals surface area contributed by atoms with Gasteiger partial charge in [0.2, 0.25) is 11.7 Å². The fourth-order valence-electron chi connectivity index (χ4n) is 3.06. The monoisotopic (exact) mass is 471 g/mol. The molecular weight excluding hydrogens is 446 g/mol. The van der Waals surface area contributed by atoms with E-state index in [9.17, 15) is 4.79 Å². The van der Waals surface area contributed by atoms with E-state index in [4.69, 9.17) is 9.26 Å². The van der Waals surface area contributed by atoms with Crippen molar-refractivity contribution in [2.45, 2.75) is 47.2 Å². The summed E-state index contributed by atoms with van der Waals surface area (Å²) >= 11 is 3.54. The molecule has 1 heterocycles. The van der Waals surface area contributed by atoms with Crippen LogP contribution in [0.4, 0.5) is 0 Å². The fourth-order valence-corrected chi connectivity index (χ4v) is 3.29. The van der Waals surface area contributed by atoms with Crippen molar-refractivity contribution in [3.05, 3.63) is 63.5 Å². The smallest absolute Gasteiger partial charge is 0.261 e. The number of nitrogens with zero attached hydrogens (tertiary/aromatic N) is 3. The van der Waals surface area contributed by atoms with Crippen molar-refractivity contribution in [3.63, 3.8) is 0 Å². The van der Waals surface area contributed by atoms with E-state index in [0.29, 0.717) is 17.5 Å². The second kappa shape index (κ2) is 9.43. The number of aryl methyl sites for hydroxylation is 3. The molecule has 7 heteroatoms. The molecule has 1 amide bonds. The van der Waals surface area contributed by atoms with Crippen LogP contribution in [0.2, 0.25) is 0 Å². The minimum absolute atomic E-state index is 0.0378. The molecule has 0 saturated heterocycles. The fraction of sp³-hybridized carbons (Fsp3) is 0.348. The number of aromatic nitrogens is 2. The number of ether oxygens (including phenoxy) is 1. The van der Waals surface area contributed by atoms with Gasteiger partial charge in [-0.05, 0) is 57.9 Å². The van der Waals surface area contributed by atoms with Crippen LogP contribution in [0.5, 0.6) is 5.75 Å². The SMILES string of the molecule is Cc1ccc(-c2noc(CN(C(=O)COc3cc(C)c(Br)c(C)c3)C(C)C)n2)cc1. The molecule has 0 unspecified atom stereocenters. The van der Waals surface area contributed by atoms with Crippen LogP contribution in [0.1, 0.15) is 36.4 Å². The Hall–Kier alpha value is -2.67. The van der Waals surface area contributed by atoms with E-state index in [1.165, 1.54) is 0 Å². The highest BCUT2D eigenvalue weighted by Gasteiger charge is 2.21. The Kier molecular flexibility index (Phi) is 6.92. The summed E-state index contributed by atoms with van der Waals surface area (Å²) in [5.74, 6) is 1.43. The summed E-state index contributed by atoms with van der Waals surface area (Å²) in [6.07, 6.45) is 0. The predicted octanol–water partition coefficient (Wildman–Crippen LogP) is 5.24. The largest absolute Gasteiger partial charge is 0.484 e. The van der Waals surface area contributed by atoms with Gasteiger partial charge in [0.15, 0.2) is 6.61 Å². The first kappa shape index (κ1) is 22.0. The normalized spacial score (nSPS) is 11.0. The molecule has 6 nitrogen and oxygen atoms in total. The predicted molar refractivity (Wildman–Crippen MR) is 119 cm³/mol. The molecule has 0 spiro atoms.